The molecule has 166 valence electrons. The standard InChI is InChI=1S/C23H29N3O4S/c1-17-14-26(18(2)16-27)31(28,29)23-10-9-19(7-8-20-6-5-11-24-13-20)12-21(23)30-22(17)15-25(3)4/h5-6,9-13,17-18,22,27H,14-16H2,1-4H3/t17-,18+,22-/m0/s1. The van der Waals surface area contributed by atoms with Crippen LogP contribution >= 0.6 is 0 Å². The number of likely N-dealkylation sites (N-methyl/N-ethyl adjacent to an activating group) is 1. The van der Waals surface area contributed by atoms with Gasteiger partial charge in [-0.15, -0.1) is 0 Å². The molecule has 3 rings (SSSR count). The van der Waals surface area contributed by atoms with Gasteiger partial charge in [0, 0.05) is 48.6 Å². The number of aromatic nitrogens is 1. The summed E-state index contributed by atoms with van der Waals surface area (Å²) >= 11 is 0. The van der Waals surface area contributed by atoms with E-state index in [0.717, 1.165) is 5.56 Å². The van der Waals surface area contributed by atoms with Crippen LogP contribution in [0.1, 0.15) is 25.0 Å². The van der Waals surface area contributed by atoms with Crippen LogP contribution in [0.25, 0.3) is 0 Å². The molecule has 0 spiro atoms. The number of benzene rings is 1. The van der Waals surface area contributed by atoms with E-state index in [1.165, 1.54) is 10.4 Å². The fourth-order valence-corrected chi connectivity index (χ4v) is 5.29. The number of hydrogen-bond acceptors (Lipinski definition) is 6. The van der Waals surface area contributed by atoms with E-state index >= 15 is 0 Å². The molecule has 0 fully saturated rings. The minimum absolute atomic E-state index is 0.0792. The molecule has 0 bridgehead atoms. The van der Waals surface area contributed by atoms with Crippen LogP contribution in [0.15, 0.2) is 47.6 Å². The summed E-state index contributed by atoms with van der Waals surface area (Å²) in [5, 5.41) is 9.68. The van der Waals surface area contributed by atoms with E-state index in [-0.39, 0.29) is 35.8 Å². The molecule has 0 radical (unpaired) electrons. The Balaban J connectivity index is 2.08. The van der Waals surface area contributed by atoms with Crippen molar-refractivity contribution in [2.45, 2.75) is 30.9 Å². The van der Waals surface area contributed by atoms with E-state index < -0.39 is 16.1 Å². The van der Waals surface area contributed by atoms with Crippen LogP contribution in [-0.2, 0) is 10.0 Å². The Bertz CT molecular complexity index is 1060. The normalized spacial score (nSPS) is 21.7. The number of aliphatic hydroxyl groups is 1. The van der Waals surface area contributed by atoms with Crippen LogP contribution in [0.5, 0.6) is 5.75 Å². The van der Waals surface area contributed by atoms with Gasteiger partial charge in [0.25, 0.3) is 0 Å². The van der Waals surface area contributed by atoms with Crippen molar-refractivity contribution in [3.05, 3.63) is 53.9 Å². The number of sulfonamides is 1. The third kappa shape index (κ3) is 5.43. The average molecular weight is 444 g/mol. The van der Waals surface area contributed by atoms with Crippen molar-refractivity contribution in [2.24, 2.45) is 5.92 Å². The second-order valence-corrected chi connectivity index (χ2v) is 10.0. The highest BCUT2D eigenvalue weighted by Gasteiger charge is 2.37. The van der Waals surface area contributed by atoms with E-state index in [1.807, 2.05) is 38.1 Å². The van der Waals surface area contributed by atoms with E-state index in [0.29, 0.717) is 12.1 Å². The van der Waals surface area contributed by atoms with E-state index in [2.05, 4.69) is 16.8 Å². The summed E-state index contributed by atoms with van der Waals surface area (Å²) in [6, 6.07) is 8.03. The molecule has 2 aromatic rings. The molecule has 0 amide bonds. The summed E-state index contributed by atoms with van der Waals surface area (Å²) in [6.07, 6.45) is 3.13. The quantitative estimate of drug-likeness (QED) is 0.726. The van der Waals surface area contributed by atoms with Crippen molar-refractivity contribution >= 4 is 10.0 Å². The number of aliphatic hydroxyl groups excluding tert-OH is 1. The first kappa shape index (κ1) is 23.2. The number of fused-ring (bicyclic) bond motifs is 1. The lowest BCUT2D eigenvalue weighted by Gasteiger charge is -2.37. The Morgan fingerprint density at radius 1 is 1.29 bits per heavy atom. The Hall–Kier alpha value is -2.44. The molecule has 3 atom stereocenters. The van der Waals surface area contributed by atoms with Gasteiger partial charge in [0.1, 0.15) is 16.7 Å². The second kappa shape index (κ2) is 9.79. The van der Waals surface area contributed by atoms with Gasteiger partial charge in [0.05, 0.1) is 6.61 Å². The first-order valence-corrected chi connectivity index (χ1v) is 11.7. The number of pyridine rings is 1. The minimum Gasteiger partial charge on any atom is -0.487 e. The van der Waals surface area contributed by atoms with Crippen molar-refractivity contribution in [3.63, 3.8) is 0 Å². The maximum atomic E-state index is 13.4. The fraction of sp³-hybridized carbons (Fsp3) is 0.435. The third-order valence-corrected chi connectivity index (χ3v) is 7.24. The highest BCUT2D eigenvalue weighted by atomic mass is 32.2. The van der Waals surface area contributed by atoms with Crippen LogP contribution in [0, 0.1) is 17.8 Å². The van der Waals surface area contributed by atoms with Gasteiger partial charge in [-0.25, -0.2) is 8.42 Å². The van der Waals surface area contributed by atoms with Gasteiger partial charge in [-0.3, -0.25) is 4.98 Å². The minimum atomic E-state index is -3.85. The second-order valence-electron chi connectivity index (χ2n) is 8.16. The Kier molecular flexibility index (Phi) is 7.34. The van der Waals surface area contributed by atoms with Gasteiger partial charge in [0.2, 0.25) is 10.0 Å². The number of hydrogen-bond donors (Lipinski definition) is 1. The zero-order valence-electron chi connectivity index (χ0n) is 18.3. The van der Waals surface area contributed by atoms with Crippen LogP contribution in [-0.4, -0.2) is 73.7 Å². The molecule has 0 aliphatic carbocycles. The fourth-order valence-electron chi connectivity index (χ4n) is 3.46. The predicted octanol–water partition coefficient (Wildman–Crippen LogP) is 1.81. The van der Waals surface area contributed by atoms with E-state index in [1.54, 1.807) is 31.5 Å². The lowest BCUT2D eigenvalue weighted by molar-refractivity contribution is 0.0812. The summed E-state index contributed by atoms with van der Waals surface area (Å²) in [4.78, 5) is 6.16. The first-order valence-electron chi connectivity index (χ1n) is 10.2. The van der Waals surface area contributed by atoms with Crippen LogP contribution in [0.3, 0.4) is 0 Å². The molecule has 0 saturated heterocycles. The number of rotatable bonds is 4. The molecule has 0 saturated carbocycles. The maximum Gasteiger partial charge on any atom is 0.247 e. The molecule has 1 aliphatic rings. The van der Waals surface area contributed by atoms with Gasteiger partial charge in [-0.1, -0.05) is 18.8 Å². The molecular weight excluding hydrogens is 414 g/mol. The Morgan fingerprint density at radius 2 is 2.03 bits per heavy atom. The topological polar surface area (TPSA) is 83.0 Å². The monoisotopic (exact) mass is 443 g/mol. The highest BCUT2D eigenvalue weighted by molar-refractivity contribution is 7.89. The van der Waals surface area contributed by atoms with Crippen molar-refractivity contribution in [1.29, 1.82) is 0 Å². The van der Waals surface area contributed by atoms with Gasteiger partial charge in [-0.2, -0.15) is 4.31 Å². The van der Waals surface area contributed by atoms with Crippen molar-refractivity contribution in [3.8, 4) is 17.6 Å². The lowest BCUT2D eigenvalue weighted by atomic mass is 10.0. The van der Waals surface area contributed by atoms with Gasteiger partial charge in [-0.05, 0) is 51.4 Å². The third-order valence-electron chi connectivity index (χ3n) is 5.22. The number of ether oxygens (including phenoxy) is 1. The van der Waals surface area contributed by atoms with Crippen LogP contribution in [0.4, 0.5) is 0 Å². The smallest absolute Gasteiger partial charge is 0.247 e. The van der Waals surface area contributed by atoms with E-state index in [9.17, 15) is 13.5 Å². The van der Waals surface area contributed by atoms with Crippen LogP contribution in [0.2, 0.25) is 0 Å². The van der Waals surface area contributed by atoms with Crippen molar-refractivity contribution in [1.82, 2.24) is 14.2 Å². The molecule has 0 unspecified atom stereocenters. The predicted molar refractivity (Wildman–Crippen MR) is 119 cm³/mol. The summed E-state index contributed by atoms with van der Waals surface area (Å²) in [6.45, 7) is 4.33. The molecular formula is C23H29N3O4S. The lowest BCUT2D eigenvalue weighted by Crippen LogP contribution is -2.49. The molecule has 8 heteroatoms. The number of nitrogens with zero attached hydrogens (tertiary/aromatic N) is 3. The maximum absolute atomic E-state index is 13.4. The molecule has 1 aromatic carbocycles. The molecule has 1 N–H and O–H groups in total. The summed E-state index contributed by atoms with van der Waals surface area (Å²) in [5.74, 6) is 6.30. The summed E-state index contributed by atoms with van der Waals surface area (Å²) in [5.41, 5.74) is 1.42. The Morgan fingerprint density at radius 3 is 2.68 bits per heavy atom. The molecule has 1 aromatic heterocycles. The van der Waals surface area contributed by atoms with Gasteiger partial charge in [0.15, 0.2) is 0 Å². The SMILES string of the molecule is C[C@H](CO)N1C[C@H](C)[C@H](CN(C)C)Oc2cc(C#Cc3cccnc3)ccc2S1(=O)=O. The zero-order chi connectivity index (χ0) is 22.6. The van der Waals surface area contributed by atoms with Crippen LogP contribution < -0.4 is 4.74 Å². The molecule has 2 heterocycles. The molecule has 31 heavy (non-hydrogen) atoms. The molecule has 1 aliphatic heterocycles. The highest BCUT2D eigenvalue weighted by Crippen LogP contribution is 2.34. The Labute approximate surface area is 184 Å². The zero-order valence-corrected chi connectivity index (χ0v) is 19.1. The van der Waals surface area contributed by atoms with Gasteiger partial charge < -0.3 is 14.7 Å². The van der Waals surface area contributed by atoms with Gasteiger partial charge >= 0.3 is 0 Å². The van der Waals surface area contributed by atoms with Crippen molar-refractivity contribution in [2.75, 3.05) is 33.8 Å². The van der Waals surface area contributed by atoms with Crippen molar-refractivity contribution < 1.29 is 18.3 Å². The van der Waals surface area contributed by atoms with E-state index in [4.69, 9.17) is 4.74 Å². The largest absolute Gasteiger partial charge is 0.487 e. The average Bonchev–Trinajstić information content (AvgIpc) is 2.74. The first-order chi connectivity index (χ1) is 14.7. The molecule has 7 nitrogen and oxygen atoms in total. The summed E-state index contributed by atoms with van der Waals surface area (Å²) in [7, 11) is 0.0634. The summed E-state index contributed by atoms with van der Waals surface area (Å²) < 4.78 is 34.5.